The maximum atomic E-state index is 12.7. The predicted octanol–water partition coefficient (Wildman–Crippen LogP) is 3.60. The average Bonchev–Trinajstić information content (AvgIpc) is 3.24. The summed E-state index contributed by atoms with van der Waals surface area (Å²) in [7, 11) is 1.61. The third-order valence-corrected chi connectivity index (χ3v) is 5.66. The van der Waals surface area contributed by atoms with Gasteiger partial charge in [0, 0.05) is 18.7 Å². The van der Waals surface area contributed by atoms with E-state index in [0.29, 0.717) is 11.7 Å². The lowest BCUT2D eigenvalue weighted by Gasteiger charge is -2.18. The SMILES string of the molecule is COc1ccc2nc(NC(=O)[C@@H]3CC(=O)N(c4ccccc4C)C3)sc2c1. The van der Waals surface area contributed by atoms with E-state index in [-0.39, 0.29) is 18.2 Å². The minimum atomic E-state index is -0.390. The van der Waals surface area contributed by atoms with Crippen LogP contribution in [0.15, 0.2) is 42.5 Å². The summed E-state index contributed by atoms with van der Waals surface area (Å²) in [6.45, 7) is 2.35. The lowest BCUT2D eigenvalue weighted by atomic mass is 10.1. The smallest absolute Gasteiger partial charge is 0.231 e. The van der Waals surface area contributed by atoms with Crippen LogP contribution in [0.1, 0.15) is 12.0 Å². The molecule has 3 aromatic rings. The van der Waals surface area contributed by atoms with Gasteiger partial charge in [0.2, 0.25) is 11.8 Å². The summed E-state index contributed by atoms with van der Waals surface area (Å²) in [5.41, 5.74) is 2.69. The van der Waals surface area contributed by atoms with Crippen molar-refractivity contribution >= 4 is 44.2 Å². The van der Waals surface area contributed by atoms with E-state index in [2.05, 4.69) is 10.3 Å². The van der Waals surface area contributed by atoms with Gasteiger partial charge >= 0.3 is 0 Å². The first-order valence-corrected chi connectivity index (χ1v) is 9.48. The molecule has 2 heterocycles. The second-order valence-corrected chi connectivity index (χ2v) is 7.56. The molecule has 1 aromatic heterocycles. The van der Waals surface area contributed by atoms with Crippen molar-refractivity contribution in [3.05, 3.63) is 48.0 Å². The molecule has 27 heavy (non-hydrogen) atoms. The van der Waals surface area contributed by atoms with Gasteiger partial charge in [-0.3, -0.25) is 9.59 Å². The van der Waals surface area contributed by atoms with E-state index in [1.807, 2.05) is 49.4 Å². The fourth-order valence-electron chi connectivity index (χ4n) is 3.28. The minimum absolute atomic E-state index is 0.0292. The van der Waals surface area contributed by atoms with Gasteiger partial charge in [-0.15, -0.1) is 0 Å². The van der Waals surface area contributed by atoms with Crippen molar-refractivity contribution in [1.82, 2.24) is 4.98 Å². The van der Waals surface area contributed by atoms with E-state index in [0.717, 1.165) is 27.2 Å². The van der Waals surface area contributed by atoms with Gasteiger partial charge < -0.3 is 15.0 Å². The Morgan fingerprint density at radius 3 is 2.89 bits per heavy atom. The number of carbonyl (C=O) groups is 2. The maximum Gasteiger partial charge on any atom is 0.231 e. The molecule has 1 aliphatic rings. The molecule has 0 spiro atoms. The van der Waals surface area contributed by atoms with Crippen molar-refractivity contribution in [3.8, 4) is 5.75 Å². The third kappa shape index (κ3) is 3.38. The van der Waals surface area contributed by atoms with Crippen LogP contribution in [0.2, 0.25) is 0 Å². The van der Waals surface area contributed by atoms with E-state index in [9.17, 15) is 9.59 Å². The highest BCUT2D eigenvalue weighted by Crippen LogP contribution is 2.31. The number of ether oxygens (including phenoxy) is 1. The molecular weight excluding hydrogens is 362 g/mol. The number of aromatic nitrogens is 1. The Kier molecular flexibility index (Phi) is 4.53. The van der Waals surface area contributed by atoms with Crippen molar-refractivity contribution in [2.45, 2.75) is 13.3 Å². The number of fused-ring (bicyclic) bond motifs is 1. The van der Waals surface area contributed by atoms with Gasteiger partial charge in [0.25, 0.3) is 0 Å². The van der Waals surface area contributed by atoms with Crippen LogP contribution in [-0.4, -0.2) is 30.5 Å². The average molecular weight is 381 g/mol. The maximum absolute atomic E-state index is 12.7. The molecule has 0 radical (unpaired) electrons. The molecule has 1 fully saturated rings. The zero-order valence-electron chi connectivity index (χ0n) is 15.1. The number of thiazole rings is 1. The van der Waals surface area contributed by atoms with Crippen LogP contribution in [0, 0.1) is 12.8 Å². The van der Waals surface area contributed by atoms with Gasteiger partial charge in [-0.1, -0.05) is 29.5 Å². The fourth-order valence-corrected chi connectivity index (χ4v) is 4.17. The van der Waals surface area contributed by atoms with Gasteiger partial charge in [0.1, 0.15) is 5.75 Å². The van der Waals surface area contributed by atoms with Crippen LogP contribution in [0.4, 0.5) is 10.8 Å². The first kappa shape index (κ1) is 17.5. The van der Waals surface area contributed by atoms with Crippen molar-refractivity contribution < 1.29 is 14.3 Å². The number of benzene rings is 2. The molecular formula is C20H19N3O3S. The summed E-state index contributed by atoms with van der Waals surface area (Å²) in [6.07, 6.45) is 0.207. The van der Waals surface area contributed by atoms with Crippen molar-refractivity contribution in [2.75, 3.05) is 23.9 Å². The number of anilines is 2. The fraction of sp³-hybridized carbons (Fsp3) is 0.250. The standard InChI is InChI=1S/C20H19N3O3S/c1-12-5-3-4-6-16(12)23-11-13(9-18(23)24)19(25)22-20-21-15-8-7-14(26-2)10-17(15)27-20/h3-8,10,13H,9,11H2,1-2H3,(H,21,22,25)/t13-/m1/s1. The number of methoxy groups -OCH3 is 1. The van der Waals surface area contributed by atoms with E-state index in [4.69, 9.17) is 4.74 Å². The number of hydrogen-bond acceptors (Lipinski definition) is 5. The van der Waals surface area contributed by atoms with Crippen LogP contribution in [0.5, 0.6) is 5.75 Å². The number of nitrogens with zero attached hydrogens (tertiary/aromatic N) is 2. The Labute approximate surface area is 160 Å². The largest absolute Gasteiger partial charge is 0.497 e. The van der Waals surface area contributed by atoms with Crippen LogP contribution < -0.4 is 15.0 Å². The predicted molar refractivity (Wildman–Crippen MR) is 106 cm³/mol. The van der Waals surface area contributed by atoms with Crippen molar-refractivity contribution in [3.63, 3.8) is 0 Å². The number of nitrogens with one attached hydrogen (secondary N) is 1. The van der Waals surface area contributed by atoms with E-state index < -0.39 is 5.92 Å². The Hall–Kier alpha value is -2.93. The van der Waals surface area contributed by atoms with Gasteiger partial charge in [0.05, 0.1) is 23.2 Å². The van der Waals surface area contributed by atoms with Crippen LogP contribution in [0.3, 0.4) is 0 Å². The quantitative estimate of drug-likeness (QED) is 0.749. The Bertz CT molecular complexity index is 1030. The van der Waals surface area contributed by atoms with Crippen molar-refractivity contribution in [1.29, 1.82) is 0 Å². The second-order valence-electron chi connectivity index (χ2n) is 6.53. The highest BCUT2D eigenvalue weighted by atomic mass is 32.1. The van der Waals surface area contributed by atoms with Crippen LogP contribution >= 0.6 is 11.3 Å². The molecule has 2 amide bonds. The number of para-hydroxylation sites is 1. The number of carbonyl (C=O) groups excluding carboxylic acids is 2. The molecule has 1 atom stereocenters. The summed E-state index contributed by atoms with van der Waals surface area (Å²) in [4.78, 5) is 31.2. The van der Waals surface area contributed by atoms with Gasteiger partial charge in [-0.25, -0.2) is 4.98 Å². The summed E-state index contributed by atoms with van der Waals surface area (Å²) in [5.74, 6) is 0.155. The summed E-state index contributed by atoms with van der Waals surface area (Å²) < 4.78 is 6.16. The first-order chi connectivity index (χ1) is 13.0. The lowest BCUT2D eigenvalue weighted by Crippen LogP contribution is -2.28. The Balaban J connectivity index is 1.49. The van der Waals surface area contributed by atoms with Gasteiger partial charge in [-0.05, 0) is 36.8 Å². The van der Waals surface area contributed by atoms with E-state index in [1.165, 1.54) is 11.3 Å². The molecule has 0 saturated carbocycles. The highest BCUT2D eigenvalue weighted by molar-refractivity contribution is 7.22. The first-order valence-electron chi connectivity index (χ1n) is 8.66. The Morgan fingerprint density at radius 2 is 2.11 bits per heavy atom. The number of aryl methyl sites for hydroxylation is 1. The summed E-state index contributed by atoms with van der Waals surface area (Å²) in [6, 6.07) is 13.3. The number of amides is 2. The molecule has 0 bridgehead atoms. The molecule has 1 N–H and O–H groups in total. The number of rotatable bonds is 4. The lowest BCUT2D eigenvalue weighted by molar-refractivity contribution is -0.122. The van der Waals surface area contributed by atoms with Gasteiger partial charge in [-0.2, -0.15) is 0 Å². The zero-order valence-corrected chi connectivity index (χ0v) is 15.9. The third-order valence-electron chi connectivity index (χ3n) is 4.73. The molecule has 1 aliphatic heterocycles. The molecule has 0 unspecified atom stereocenters. The molecule has 2 aromatic carbocycles. The summed E-state index contributed by atoms with van der Waals surface area (Å²) in [5, 5.41) is 3.40. The Morgan fingerprint density at radius 1 is 1.30 bits per heavy atom. The van der Waals surface area contributed by atoms with Crippen molar-refractivity contribution in [2.24, 2.45) is 5.92 Å². The minimum Gasteiger partial charge on any atom is -0.497 e. The summed E-state index contributed by atoms with van der Waals surface area (Å²) >= 11 is 1.39. The molecule has 7 heteroatoms. The molecule has 0 aliphatic carbocycles. The highest BCUT2D eigenvalue weighted by Gasteiger charge is 2.35. The number of hydrogen-bond donors (Lipinski definition) is 1. The monoisotopic (exact) mass is 381 g/mol. The normalized spacial score (nSPS) is 16.7. The van der Waals surface area contributed by atoms with E-state index in [1.54, 1.807) is 12.0 Å². The molecule has 6 nitrogen and oxygen atoms in total. The van der Waals surface area contributed by atoms with Gasteiger partial charge in [0.15, 0.2) is 5.13 Å². The molecule has 1 saturated heterocycles. The van der Waals surface area contributed by atoms with Crippen LogP contribution in [-0.2, 0) is 9.59 Å². The second kappa shape index (κ2) is 7.00. The topological polar surface area (TPSA) is 71.5 Å². The molecule has 138 valence electrons. The van der Waals surface area contributed by atoms with E-state index >= 15 is 0 Å². The zero-order chi connectivity index (χ0) is 19.0. The van der Waals surface area contributed by atoms with Crippen LogP contribution in [0.25, 0.3) is 10.2 Å². The molecule has 4 rings (SSSR count).